The molecule has 162 valence electrons. The highest BCUT2D eigenvalue weighted by atomic mass is 16.4. The van der Waals surface area contributed by atoms with Crippen LogP contribution in [0.5, 0.6) is 5.88 Å². The first-order valence-electron chi connectivity index (χ1n) is 9.93. The number of aromatic carboxylic acids is 2. The molecule has 2 aromatic heterocycles. The van der Waals surface area contributed by atoms with Crippen LogP contribution >= 0.6 is 0 Å². The van der Waals surface area contributed by atoms with Crippen molar-refractivity contribution in [3.05, 3.63) is 74.2 Å². The number of rotatable bonds is 7. The topological polar surface area (TPSA) is 129 Å². The van der Waals surface area contributed by atoms with E-state index in [1.165, 1.54) is 16.7 Å². The number of aromatic hydroxyl groups is 1. The van der Waals surface area contributed by atoms with Gasteiger partial charge >= 0.3 is 11.9 Å². The van der Waals surface area contributed by atoms with Gasteiger partial charge in [-0.2, -0.15) is 4.98 Å². The Kier molecular flexibility index (Phi) is 6.10. The van der Waals surface area contributed by atoms with Gasteiger partial charge in [0.15, 0.2) is 0 Å². The van der Waals surface area contributed by atoms with Crippen LogP contribution < -0.4 is 5.56 Å². The molecule has 0 aliphatic rings. The molecule has 0 unspecified atom stereocenters. The number of carboxylic acid groups (broad SMARTS) is 2. The third kappa shape index (κ3) is 4.28. The molecule has 1 aromatic carbocycles. The number of aryl methyl sites for hydroxylation is 1. The smallest absolute Gasteiger partial charge is 0.336 e. The highest BCUT2D eigenvalue weighted by molar-refractivity contribution is 5.98. The quantitative estimate of drug-likeness (QED) is 0.531. The van der Waals surface area contributed by atoms with E-state index in [1.54, 1.807) is 25.1 Å². The first-order chi connectivity index (χ1) is 14.6. The predicted octanol–water partition coefficient (Wildman–Crippen LogP) is 3.28. The highest BCUT2D eigenvalue weighted by Crippen LogP contribution is 2.29. The van der Waals surface area contributed by atoms with E-state index in [9.17, 15) is 29.7 Å². The number of nitrogens with zero attached hydrogens (tertiary/aromatic N) is 2. The minimum atomic E-state index is -1.30. The van der Waals surface area contributed by atoms with E-state index in [-0.39, 0.29) is 34.3 Å². The van der Waals surface area contributed by atoms with Crippen molar-refractivity contribution in [2.45, 2.75) is 40.0 Å². The summed E-state index contributed by atoms with van der Waals surface area (Å²) in [5.41, 5.74) is 0.232. The van der Waals surface area contributed by atoms with Crippen LogP contribution in [-0.4, -0.2) is 36.6 Å². The zero-order valence-electron chi connectivity index (χ0n) is 17.5. The Bertz CT molecular complexity index is 1240. The fourth-order valence-corrected chi connectivity index (χ4v) is 3.74. The summed E-state index contributed by atoms with van der Waals surface area (Å²) in [6.45, 7) is 5.71. The molecule has 0 saturated heterocycles. The van der Waals surface area contributed by atoms with Gasteiger partial charge in [-0.05, 0) is 60.6 Å². The molecule has 31 heavy (non-hydrogen) atoms. The Labute approximate surface area is 178 Å². The van der Waals surface area contributed by atoms with Crippen LogP contribution in [0.25, 0.3) is 5.65 Å². The number of benzene rings is 1. The van der Waals surface area contributed by atoms with Gasteiger partial charge in [0.25, 0.3) is 5.56 Å². The maximum absolute atomic E-state index is 13.0. The fourth-order valence-electron chi connectivity index (χ4n) is 3.74. The van der Waals surface area contributed by atoms with Crippen molar-refractivity contribution >= 4 is 17.6 Å². The third-order valence-electron chi connectivity index (χ3n) is 5.34. The first-order valence-corrected chi connectivity index (χ1v) is 9.93. The first kappa shape index (κ1) is 22.0. The van der Waals surface area contributed by atoms with Crippen LogP contribution in [0.2, 0.25) is 0 Å². The molecule has 8 nitrogen and oxygen atoms in total. The van der Waals surface area contributed by atoms with Crippen molar-refractivity contribution in [3.8, 4) is 5.88 Å². The number of hydrogen-bond acceptors (Lipinski definition) is 5. The van der Waals surface area contributed by atoms with E-state index in [2.05, 4.69) is 4.98 Å². The average Bonchev–Trinajstić information content (AvgIpc) is 2.69. The van der Waals surface area contributed by atoms with Crippen molar-refractivity contribution in [2.24, 2.45) is 5.92 Å². The lowest BCUT2D eigenvalue weighted by atomic mass is 9.86. The summed E-state index contributed by atoms with van der Waals surface area (Å²) in [6.07, 6.45) is 2.29. The van der Waals surface area contributed by atoms with Gasteiger partial charge < -0.3 is 15.3 Å². The Morgan fingerprint density at radius 2 is 1.81 bits per heavy atom. The van der Waals surface area contributed by atoms with E-state index in [4.69, 9.17) is 0 Å². The molecule has 3 rings (SSSR count). The molecule has 0 spiro atoms. The fraction of sp³-hybridized carbons (Fsp3) is 0.304. The molecule has 0 atom stereocenters. The molecule has 0 radical (unpaired) electrons. The van der Waals surface area contributed by atoms with Crippen molar-refractivity contribution in [2.75, 3.05) is 0 Å². The highest BCUT2D eigenvalue weighted by Gasteiger charge is 2.26. The van der Waals surface area contributed by atoms with Crippen LogP contribution in [0.3, 0.4) is 0 Å². The lowest BCUT2D eigenvalue weighted by molar-refractivity contribution is 0.0694. The molecular weight excluding hydrogens is 400 g/mol. The van der Waals surface area contributed by atoms with Gasteiger partial charge in [-0.1, -0.05) is 19.9 Å². The van der Waals surface area contributed by atoms with Gasteiger partial charge in [0, 0.05) is 12.6 Å². The molecule has 0 aliphatic heterocycles. The number of aromatic nitrogens is 2. The largest absolute Gasteiger partial charge is 0.493 e. The molecule has 0 bridgehead atoms. The van der Waals surface area contributed by atoms with Crippen LogP contribution in [0, 0.1) is 12.8 Å². The lowest BCUT2D eigenvalue weighted by Crippen LogP contribution is -2.22. The minimum absolute atomic E-state index is 0.0190. The lowest BCUT2D eigenvalue weighted by Gasteiger charge is -2.18. The van der Waals surface area contributed by atoms with Crippen LogP contribution in [-0.2, 0) is 12.8 Å². The van der Waals surface area contributed by atoms with Crippen LogP contribution in [0.1, 0.15) is 63.2 Å². The minimum Gasteiger partial charge on any atom is -0.493 e. The maximum Gasteiger partial charge on any atom is 0.336 e. The van der Waals surface area contributed by atoms with Gasteiger partial charge in [0.2, 0.25) is 5.88 Å². The molecule has 2 heterocycles. The summed E-state index contributed by atoms with van der Waals surface area (Å²) in [5.74, 6) is -2.80. The summed E-state index contributed by atoms with van der Waals surface area (Å²) in [5, 5.41) is 30.1. The summed E-state index contributed by atoms with van der Waals surface area (Å²) in [4.78, 5) is 41.1. The van der Waals surface area contributed by atoms with Gasteiger partial charge in [-0.3, -0.25) is 9.20 Å². The van der Waals surface area contributed by atoms with Gasteiger partial charge in [-0.25, -0.2) is 9.59 Å². The zero-order valence-corrected chi connectivity index (χ0v) is 17.5. The van der Waals surface area contributed by atoms with Crippen LogP contribution in [0.15, 0.2) is 35.3 Å². The van der Waals surface area contributed by atoms with Crippen molar-refractivity contribution < 1.29 is 24.9 Å². The number of pyridine rings is 1. The molecule has 0 fully saturated rings. The van der Waals surface area contributed by atoms with Crippen LogP contribution in [0.4, 0.5) is 0 Å². The van der Waals surface area contributed by atoms with E-state index in [0.717, 1.165) is 6.42 Å². The summed E-state index contributed by atoms with van der Waals surface area (Å²) in [7, 11) is 0. The second-order valence-electron chi connectivity index (χ2n) is 7.94. The van der Waals surface area contributed by atoms with Gasteiger partial charge in [0.05, 0.1) is 16.7 Å². The van der Waals surface area contributed by atoms with Crippen molar-refractivity contribution in [3.63, 3.8) is 0 Å². The number of fused-ring (bicyclic) bond motifs is 1. The summed E-state index contributed by atoms with van der Waals surface area (Å²) < 4.78 is 1.23. The van der Waals surface area contributed by atoms with E-state index < -0.39 is 23.4 Å². The second kappa shape index (κ2) is 8.59. The normalized spacial score (nSPS) is 11.2. The number of carboxylic acids is 2. The summed E-state index contributed by atoms with van der Waals surface area (Å²) >= 11 is 0. The molecule has 3 N–H and O–H groups in total. The Morgan fingerprint density at radius 3 is 2.42 bits per heavy atom. The molecular formula is C23H24N2O6. The maximum atomic E-state index is 13.0. The molecule has 0 amide bonds. The standard InChI is InChI=1S/C23H24N2O6/c1-12(2)7-8-14-13(3)10-16(22(28)29)15(19(14)23(30)31)11-17-20(26)24-18-6-4-5-9-25(18)21(17)27/h4-6,9-10,12,26H,7-8,11H2,1-3H3,(H,28,29)(H,30,31). The van der Waals surface area contributed by atoms with E-state index >= 15 is 0 Å². The average molecular weight is 424 g/mol. The van der Waals surface area contributed by atoms with E-state index in [0.29, 0.717) is 23.5 Å². The zero-order chi connectivity index (χ0) is 22.9. The molecule has 8 heteroatoms. The van der Waals surface area contributed by atoms with Gasteiger partial charge in [-0.15, -0.1) is 0 Å². The Hall–Kier alpha value is -3.68. The SMILES string of the molecule is Cc1cc(C(=O)O)c(Cc2c(O)nc3ccccn3c2=O)c(C(=O)O)c1CCC(C)C. The molecule has 0 saturated carbocycles. The Balaban J connectivity index is 2.28. The monoisotopic (exact) mass is 424 g/mol. The second-order valence-corrected chi connectivity index (χ2v) is 7.94. The Morgan fingerprint density at radius 1 is 1.10 bits per heavy atom. The summed E-state index contributed by atoms with van der Waals surface area (Å²) in [6, 6.07) is 6.26. The molecule has 3 aromatic rings. The molecule has 0 aliphatic carbocycles. The number of hydrogen-bond donors (Lipinski definition) is 3. The van der Waals surface area contributed by atoms with E-state index in [1.807, 2.05) is 13.8 Å². The van der Waals surface area contributed by atoms with Crippen molar-refractivity contribution in [1.29, 1.82) is 0 Å². The number of carbonyl (C=O) groups is 2. The predicted molar refractivity (Wildman–Crippen MR) is 114 cm³/mol. The van der Waals surface area contributed by atoms with Crippen molar-refractivity contribution in [1.82, 2.24) is 9.38 Å². The third-order valence-corrected chi connectivity index (χ3v) is 5.34. The van der Waals surface area contributed by atoms with Gasteiger partial charge in [0.1, 0.15) is 5.65 Å².